The fraction of sp³-hybridized carbons (Fsp3) is 0.100. The molecule has 1 aromatic heterocycles. The quantitative estimate of drug-likeness (QED) is 0.752. The first kappa shape index (κ1) is 16.8. The highest BCUT2D eigenvalue weighted by molar-refractivity contribution is 5.98. The number of carbonyl (C=O) groups is 1. The van der Waals surface area contributed by atoms with Crippen molar-refractivity contribution in [1.29, 1.82) is 0 Å². The number of aromatic nitrogens is 1. The van der Waals surface area contributed by atoms with Gasteiger partial charge in [0.15, 0.2) is 0 Å². The van der Waals surface area contributed by atoms with Crippen molar-refractivity contribution in [2.75, 3.05) is 0 Å². The number of rotatable bonds is 5. The lowest BCUT2D eigenvalue weighted by atomic mass is 10.0. The highest BCUT2D eigenvalue weighted by Crippen LogP contribution is 2.23. The predicted molar refractivity (Wildman–Crippen MR) is 95.1 cm³/mol. The molecule has 25 heavy (non-hydrogen) atoms. The third-order valence-corrected chi connectivity index (χ3v) is 3.89. The normalized spacial score (nSPS) is 10.5. The van der Waals surface area contributed by atoms with Crippen molar-refractivity contribution in [3.8, 4) is 11.1 Å². The third-order valence-electron chi connectivity index (χ3n) is 3.89. The molecule has 0 spiro atoms. The van der Waals surface area contributed by atoms with Gasteiger partial charge in [0.05, 0.1) is 0 Å². The van der Waals surface area contributed by atoms with Crippen LogP contribution in [-0.2, 0) is 13.1 Å². The van der Waals surface area contributed by atoms with Crippen molar-refractivity contribution in [3.63, 3.8) is 0 Å². The minimum Gasteiger partial charge on any atom is -0.346 e. The van der Waals surface area contributed by atoms with Gasteiger partial charge in [-0.05, 0) is 29.3 Å². The van der Waals surface area contributed by atoms with Gasteiger partial charge in [-0.2, -0.15) is 0 Å². The van der Waals surface area contributed by atoms with Crippen molar-refractivity contribution in [3.05, 3.63) is 89.5 Å². The molecule has 0 fully saturated rings. The Morgan fingerprint density at radius 3 is 2.72 bits per heavy atom. The number of pyridine rings is 1. The van der Waals surface area contributed by atoms with Gasteiger partial charge >= 0.3 is 0 Å². The number of benzene rings is 2. The van der Waals surface area contributed by atoms with Crippen molar-refractivity contribution in [1.82, 2.24) is 10.3 Å². The lowest BCUT2D eigenvalue weighted by molar-refractivity contribution is 0.0946. The molecule has 0 aliphatic carbocycles. The summed E-state index contributed by atoms with van der Waals surface area (Å²) < 4.78 is 13.7. The van der Waals surface area contributed by atoms with Crippen molar-refractivity contribution >= 4 is 5.91 Å². The molecule has 3 rings (SSSR count). The number of halogens is 1. The van der Waals surface area contributed by atoms with Gasteiger partial charge in [-0.1, -0.05) is 42.5 Å². The molecule has 1 amide bonds. The molecule has 0 unspecified atom stereocenters. The van der Waals surface area contributed by atoms with Gasteiger partial charge in [0.25, 0.3) is 5.91 Å². The van der Waals surface area contributed by atoms with Crippen LogP contribution in [0.15, 0.2) is 66.9 Å². The Balaban J connectivity index is 1.85. The molecular formula is C20H18FN3O. The molecule has 0 aliphatic rings. The number of hydrogen-bond acceptors (Lipinski definition) is 3. The zero-order valence-electron chi connectivity index (χ0n) is 13.6. The first-order valence-electron chi connectivity index (χ1n) is 7.95. The molecule has 0 radical (unpaired) electrons. The molecule has 0 saturated heterocycles. The Bertz CT molecular complexity index is 895. The molecule has 2 aromatic carbocycles. The summed E-state index contributed by atoms with van der Waals surface area (Å²) in [5.41, 5.74) is 8.97. The minimum absolute atomic E-state index is 0.102. The zero-order chi connectivity index (χ0) is 17.6. The van der Waals surface area contributed by atoms with Crippen molar-refractivity contribution in [2.45, 2.75) is 13.1 Å². The number of hydrogen-bond donors (Lipinski definition) is 2. The molecular weight excluding hydrogens is 317 g/mol. The number of nitrogens with one attached hydrogen (secondary N) is 1. The van der Waals surface area contributed by atoms with E-state index in [0.717, 1.165) is 11.1 Å². The fourth-order valence-electron chi connectivity index (χ4n) is 2.59. The van der Waals surface area contributed by atoms with E-state index < -0.39 is 0 Å². The molecule has 0 saturated carbocycles. The van der Waals surface area contributed by atoms with E-state index in [9.17, 15) is 9.18 Å². The van der Waals surface area contributed by atoms with E-state index in [1.54, 1.807) is 30.5 Å². The average Bonchev–Trinajstić information content (AvgIpc) is 2.67. The van der Waals surface area contributed by atoms with Crippen LogP contribution in [0.25, 0.3) is 11.1 Å². The summed E-state index contributed by atoms with van der Waals surface area (Å²) in [5.74, 6) is -0.698. The first-order chi connectivity index (χ1) is 12.2. The van der Waals surface area contributed by atoms with E-state index >= 15 is 0 Å². The number of carbonyl (C=O) groups excluding carboxylic acids is 1. The summed E-state index contributed by atoms with van der Waals surface area (Å²) >= 11 is 0. The average molecular weight is 335 g/mol. The Labute approximate surface area is 145 Å². The molecule has 0 bridgehead atoms. The zero-order valence-corrected chi connectivity index (χ0v) is 13.6. The van der Waals surface area contributed by atoms with Crippen LogP contribution < -0.4 is 11.1 Å². The van der Waals surface area contributed by atoms with Crippen LogP contribution in [0.4, 0.5) is 4.39 Å². The molecule has 4 nitrogen and oxygen atoms in total. The van der Waals surface area contributed by atoms with Gasteiger partial charge in [0.1, 0.15) is 11.5 Å². The number of nitrogens with zero attached hydrogens (tertiary/aromatic N) is 1. The standard InChI is InChI=1S/C20H18FN3O/c21-18-9-2-1-6-16(18)13-24-20(25)19-17(8-4-10-23-19)15-7-3-5-14(11-15)12-22/h1-11H,12-13,22H2,(H,24,25). The summed E-state index contributed by atoms with van der Waals surface area (Å²) in [5, 5.41) is 2.73. The van der Waals surface area contributed by atoms with E-state index in [-0.39, 0.29) is 18.3 Å². The van der Waals surface area contributed by atoms with E-state index in [1.165, 1.54) is 6.07 Å². The molecule has 126 valence electrons. The molecule has 0 atom stereocenters. The maximum atomic E-state index is 13.7. The largest absolute Gasteiger partial charge is 0.346 e. The summed E-state index contributed by atoms with van der Waals surface area (Å²) in [4.78, 5) is 16.8. The lowest BCUT2D eigenvalue weighted by Gasteiger charge is -2.11. The number of amides is 1. The fourth-order valence-corrected chi connectivity index (χ4v) is 2.59. The van der Waals surface area contributed by atoms with Gasteiger partial charge in [-0.15, -0.1) is 0 Å². The second kappa shape index (κ2) is 7.68. The van der Waals surface area contributed by atoms with Crippen molar-refractivity contribution in [2.24, 2.45) is 5.73 Å². The Hall–Kier alpha value is -3.05. The summed E-state index contributed by atoms with van der Waals surface area (Å²) in [6, 6.07) is 17.6. The summed E-state index contributed by atoms with van der Waals surface area (Å²) in [6.07, 6.45) is 1.56. The van der Waals surface area contributed by atoms with Gasteiger partial charge in [0, 0.05) is 30.4 Å². The Morgan fingerprint density at radius 1 is 1.08 bits per heavy atom. The second-order valence-corrected chi connectivity index (χ2v) is 5.58. The van der Waals surface area contributed by atoms with Crippen LogP contribution in [-0.4, -0.2) is 10.9 Å². The Kier molecular flexibility index (Phi) is 5.16. The number of nitrogens with two attached hydrogens (primary N) is 1. The molecule has 0 aliphatic heterocycles. The molecule has 5 heteroatoms. The maximum absolute atomic E-state index is 13.7. The smallest absolute Gasteiger partial charge is 0.270 e. The van der Waals surface area contributed by atoms with Crippen LogP contribution in [0.2, 0.25) is 0 Å². The Morgan fingerprint density at radius 2 is 1.92 bits per heavy atom. The molecule has 1 heterocycles. The van der Waals surface area contributed by atoms with Crippen LogP contribution in [0.1, 0.15) is 21.6 Å². The van der Waals surface area contributed by atoms with Crippen molar-refractivity contribution < 1.29 is 9.18 Å². The van der Waals surface area contributed by atoms with E-state index in [1.807, 2.05) is 30.3 Å². The third kappa shape index (κ3) is 3.89. The van der Waals surface area contributed by atoms with Gasteiger partial charge < -0.3 is 11.1 Å². The van der Waals surface area contributed by atoms with Crippen LogP contribution in [0, 0.1) is 5.82 Å². The highest BCUT2D eigenvalue weighted by atomic mass is 19.1. The topological polar surface area (TPSA) is 68.0 Å². The van der Waals surface area contributed by atoms with Crippen LogP contribution >= 0.6 is 0 Å². The lowest BCUT2D eigenvalue weighted by Crippen LogP contribution is -2.25. The van der Waals surface area contributed by atoms with Crippen LogP contribution in [0.3, 0.4) is 0 Å². The first-order valence-corrected chi connectivity index (χ1v) is 7.95. The second-order valence-electron chi connectivity index (χ2n) is 5.58. The molecule has 3 N–H and O–H groups in total. The van der Waals surface area contributed by atoms with Gasteiger partial charge in [-0.25, -0.2) is 4.39 Å². The summed E-state index contributed by atoms with van der Waals surface area (Å²) in [7, 11) is 0. The minimum atomic E-state index is -0.350. The SMILES string of the molecule is NCc1cccc(-c2cccnc2C(=O)NCc2ccccc2F)c1. The van der Waals surface area contributed by atoms with E-state index in [0.29, 0.717) is 23.4 Å². The molecule has 3 aromatic rings. The highest BCUT2D eigenvalue weighted by Gasteiger charge is 2.14. The monoisotopic (exact) mass is 335 g/mol. The van der Waals surface area contributed by atoms with E-state index in [2.05, 4.69) is 10.3 Å². The maximum Gasteiger partial charge on any atom is 0.270 e. The van der Waals surface area contributed by atoms with E-state index in [4.69, 9.17) is 5.73 Å². The van der Waals surface area contributed by atoms with Crippen LogP contribution in [0.5, 0.6) is 0 Å². The van der Waals surface area contributed by atoms with Gasteiger partial charge in [0.2, 0.25) is 0 Å². The van der Waals surface area contributed by atoms with Gasteiger partial charge in [-0.3, -0.25) is 9.78 Å². The summed E-state index contributed by atoms with van der Waals surface area (Å²) in [6.45, 7) is 0.521. The predicted octanol–water partition coefficient (Wildman–Crippen LogP) is 3.28.